The first kappa shape index (κ1) is 27.5. The lowest BCUT2D eigenvalue weighted by Crippen LogP contribution is -2.12. The van der Waals surface area contributed by atoms with Crippen LogP contribution < -0.4 is 0 Å². The molecule has 0 radical (unpaired) electrons. The Labute approximate surface area is 215 Å². The fraction of sp³-hybridized carbons (Fsp3) is 0.588. The highest BCUT2D eigenvalue weighted by molar-refractivity contribution is 5.37. The van der Waals surface area contributed by atoms with Gasteiger partial charge >= 0.3 is 0 Å². The van der Waals surface area contributed by atoms with E-state index in [9.17, 15) is 4.39 Å². The van der Waals surface area contributed by atoms with Crippen LogP contribution in [0.25, 0.3) is 0 Å². The zero-order chi connectivity index (χ0) is 24.7. The van der Waals surface area contributed by atoms with E-state index in [-0.39, 0.29) is 5.82 Å². The molecule has 0 atom stereocenters. The SMILES string of the molecule is CCCCCCCCCc1ccc(C2CCC(C#Cc3ccc(CCCCC)c(F)c3)CC2)cc1. The van der Waals surface area contributed by atoms with Crippen molar-refractivity contribution >= 4 is 0 Å². The predicted molar refractivity (Wildman–Crippen MR) is 149 cm³/mol. The molecule has 1 saturated carbocycles. The molecule has 2 aromatic carbocycles. The molecule has 3 rings (SSSR count). The second-order valence-electron chi connectivity index (χ2n) is 10.7. The summed E-state index contributed by atoms with van der Waals surface area (Å²) in [5, 5.41) is 0. The summed E-state index contributed by atoms with van der Waals surface area (Å²) in [6.07, 6.45) is 19.8. The monoisotopic (exact) mass is 474 g/mol. The first-order valence-corrected chi connectivity index (χ1v) is 14.6. The van der Waals surface area contributed by atoms with E-state index in [1.807, 2.05) is 12.1 Å². The van der Waals surface area contributed by atoms with Gasteiger partial charge in [-0.3, -0.25) is 0 Å². The molecule has 0 heterocycles. The van der Waals surface area contributed by atoms with Gasteiger partial charge in [0.05, 0.1) is 0 Å². The number of unbranched alkanes of at least 4 members (excludes halogenated alkanes) is 8. The summed E-state index contributed by atoms with van der Waals surface area (Å²) in [6.45, 7) is 4.46. The third kappa shape index (κ3) is 9.83. The molecule has 2 aromatic rings. The molecular formula is C34H47F. The summed E-state index contributed by atoms with van der Waals surface area (Å²) in [5.74, 6) is 7.72. The molecule has 35 heavy (non-hydrogen) atoms. The van der Waals surface area contributed by atoms with Crippen LogP contribution in [0.4, 0.5) is 4.39 Å². The van der Waals surface area contributed by atoms with Crippen LogP contribution in [0.2, 0.25) is 0 Å². The van der Waals surface area contributed by atoms with Gasteiger partial charge < -0.3 is 0 Å². The van der Waals surface area contributed by atoms with Gasteiger partial charge in [-0.25, -0.2) is 4.39 Å². The highest BCUT2D eigenvalue weighted by atomic mass is 19.1. The van der Waals surface area contributed by atoms with Crippen molar-refractivity contribution in [2.45, 2.75) is 122 Å². The number of rotatable bonds is 13. The van der Waals surface area contributed by atoms with Gasteiger partial charge in [0.25, 0.3) is 0 Å². The van der Waals surface area contributed by atoms with Crippen molar-refractivity contribution in [2.75, 3.05) is 0 Å². The van der Waals surface area contributed by atoms with Crippen LogP contribution in [0.15, 0.2) is 42.5 Å². The van der Waals surface area contributed by atoms with Gasteiger partial charge in [0, 0.05) is 11.5 Å². The predicted octanol–water partition coefficient (Wildman–Crippen LogP) is 10.2. The number of halogens is 1. The average molecular weight is 475 g/mol. The Morgan fingerprint density at radius 1 is 0.714 bits per heavy atom. The first-order valence-electron chi connectivity index (χ1n) is 14.6. The molecular weight excluding hydrogens is 427 g/mol. The molecule has 0 nitrogen and oxygen atoms in total. The summed E-state index contributed by atoms with van der Waals surface area (Å²) >= 11 is 0. The molecule has 0 aliphatic heterocycles. The third-order valence-corrected chi connectivity index (χ3v) is 7.77. The summed E-state index contributed by atoms with van der Waals surface area (Å²) in [7, 11) is 0. The molecule has 1 aliphatic carbocycles. The minimum Gasteiger partial charge on any atom is -0.207 e. The lowest BCUT2D eigenvalue weighted by atomic mass is 9.78. The van der Waals surface area contributed by atoms with Gasteiger partial charge in [0.15, 0.2) is 0 Å². The highest BCUT2D eigenvalue weighted by Gasteiger charge is 2.21. The molecule has 1 aliphatic rings. The third-order valence-electron chi connectivity index (χ3n) is 7.77. The van der Waals surface area contributed by atoms with Crippen LogP contribution >= 0.6 is 0 Å². The molecule has 0 saturated heterocycles. The van der Waals surface area contributed by atoms with Gasteiger partial charge in [-0.2, -0.15) is 0 Å². The fourth-order valence-corrected chi connectivity index (χ4v) is 5.39. The second kappa shape index (κ2) is 15.8. The highest BCUT2D eigenvalue weighted by Crippen LogP contribution is 2.35. The minimum atomic E-state index is -0.0907. The quantitative estimate of drug-likeness (QED) is 0.200. The van der Waals surface area contributed by atoms with Crippen molar-refractivity contribution in [2.24, 2.45) is 5.92 Å². The van der Waals surface area contributed by atoms with E-state index in [0.29, 0.717) is 11.8 Å². The van der Waals surface area contributed by atoms with Crippen LogP contribution in [0, 0.1) is 23.6 Å². The first-order chi connectivity index (χ1) is 17.2. The smallest absolute Gasteiger partial charge is 0.127 e. The van der Waals surface area contributed by atoms with Crippen molar-refractivity contribution in [3.8, 4) is 11.8 Å². The van der Waals surface area contributed by atoms with Crippen molar-refractivity contribution in [3.05, 3.63) is 70.5 Å². The Morgan fingerprint density at radius 3 is 2.03 bits per heavy atom. The molecule has 0 amide bonds. The zero-order valence-electron chi connectivity index (χ0n) is 22.4. The number of hydrogen-bond donors (Lipinski definition) is 0. The summed E-state index contributed by atoms with van der Waals surface area (Å²) in [4.78, 5) is 0. The summed E-state index contributed by atoms with van der Waals surface area (Å²) < 4.78 is 14.4. The van der Waals surface area contributed by atoms with E-state index in [1.165, 1.54) is 75.3 Å². The lowest BCUT2D eigenvalue weighted by Gasteiger charge is -2.26. The van der Waals surface area contributed by atoms with Gasteiger partial charge in [-0.1, -0.05) is 107 Å². The Bertz CT molecular complexity index is 906. The topological polar surface area (TPSA) is 0 Å². The van der Waals surface area contributed by atoms with E-state index in [2.05, 4.69) is 50.0 Å². The molecule has 1 heteroatoms. The maximum Gasteiger partial charge on any atom is 0.127 e. The average Bonchev–Trinajstić information content (AvgIpc) is 2.89. The maximum absolute atomic E-state index is 14.4. The molecule has 190 valence electrons. The van der Waals surface area contributed by atoms with Gasteiger partial charge in [0.2, 0.25) is 0 Å². The Hall–Kier alpha value is -2.07. The molecule has 0 N–H and O–H groups in total. The number of benzene rings is 2. The van der Waals surface area contributed by atoms with Crippen molar-refractivity contribution in [1.29, 1.82) is 0 Å². The Balaban J connectivity index is 1.39. The van der Waals surface area contributed by atoms with E-state index >= 15 is 0 Å². The van der Waals surface area contributed by atoms with E-state index in [4.69, 9.17) is 0 Å². The fourth-order valence-electron chi connectivity index (χ4n) is 5.39. The molecule has 0 unspecified atom stereocenters. The summed E-state index contributed by atoms with van der Waals surface area (Å²) in [5.41, 5.74) is 4.64. The largest absolute Gasteiger partial charge is 0.207 e. The normalized spacial score (nSPS) is 17.7. The molecule has 0 spiro atoms. The Morgan fingerprint density at radius 2 is 1.34 bits per heavy atom. The summed E-state index contributed by atoms with van der Waals surface area (Å²) in [6, 6.07) is 15.0. The van der Waals surface area contributed by atoms with Crippen molar-refractivity contribution in [1.82, 2.24) is 0 Å². The van der Waals surface area contributed by atoms with Crippen molar-refractivity contribution in [3.63, 3.8) is 0 Å². The van der Waals surface area contributed by atoms with Gasteiger partial charge in [0.1, 0.15) is 5.82 Å². The zero-order valence-corrected chi connectivity index (χ0v) is 22.4. The maximum atomic E-state index is 14.4. The molecule has 0 bridgehead atoms. The molecule has 0 aromatic heterocycles. The van der Waals surface area contributed by atoms with Crippen LogP contribution in [0.3, 0.4) is 0 Å². The van der Waals surface area contributed by atoms with E-state index < -0.39 is 0 Å². The van der Waals surface area contributed by atoms with Crippen LogP contribution in [-0.2, 0) is 12.8 Å². The standard InChI is InChI=1S/C34H47F/c1-3-5-7-8-9-10-12-13-28-17-22-31(23-18-28)32-24-19-29(20-25-32)15-16-30-21-26-33(34(35)27-30)14-11-6-4-2/h17-18,21-23,26-27,29,32H,3-14,19-20,24-25H2,1-2H3. The van der Waals surface area contributed by atoms with Crippen LogP contribution in [-0.4, -0.2) is 0 Å². The van der Waals surface area contributed by atoms with Gasteiger partial charge in [-0.05, 0) is 86.1 Å². The number of hydrogen-bond acceptors (Lipinski definition) is 0. The number of aryl methyl sites for hydroxylation is 2. The molecule has 1 fully saturated rings. The lowest BCUT2D eigenvalue weighted by molar-refractivity contribution is 0.384. The van der Waals surface area contributed by atoms with Gasteiger partial charge in [-0.15, -0.1) is 0 Å². The van der Waals surface area contributed by atoms with E-state index in [1.54, 1.807) is 6.07 Å². The van der Waals surface area contributed by atoms with Crippen LogP contribution in [0.5, 0.6) is 0 Å². The van der Waals surface area contributed by atoms with Crippen LogP contribution in [0.1, 0.15) is 132 Å². The van der Waals surface area contributed by atoms with Crippen molar-refractivity contribution < 1.29 is 4.39 Å². The minimum absolute atomic E-state index is 0.0907. The second-order valence-corrected chi connectivity index (χ2v) is 10.7. The Kier molecular flexibility index (Phi) is 12.4. The van der Waals surface area contributed by atoms with E-state index in [0.717, 1.165) is 49.7 Å².